The van der Waals surface area contributed by atoms with Crippen molar-refractivity contribution < 1.29 is 28.2 Å². The van der Waals surface area contributed by atoms with Crippen molar-refractivity contribution in [2.45, 2.75) is 32.3 Å². The van der Waals surface area contributed by atoms with E-state index in [-0.39, 0.29) is 59.9 Å². The molecule has 0 unspecified atom stereocenters. The number of aromatic hydroxyl groups is 1. The maximum absolute atomic E-state index is 13.7. The summed E-state index contributed by atoms with van der Waals surface area (Å²) in [6.07, 6.45) is 0.617. The predicted octanol–water partition coefficient (Wildman–Crippen LogP) is 0.582. The molecule has 1 fully saturated rings. The average molecular weight is 428 g/mol. The summed E-state index contributed by atoms with van der Waals surface area (Å²) in [5.41, 5.74) is -1.58. The van der Waals surface area contributed by atoms with Crippen molar-refractivity contribution in [2.24, 2.45) is 0 Å². The summed E-state index contributed by atoms with van der Waals surface area (Å²) >= 11 is 0. The van der Waals surface area contributed by atoms with E-state index in [1.54, 1.807) is 6.92 Å². The van der Waals surface area contributed by atoms with Crippen molar-refractivity contribution in [3.05, 3.63) is 63.1 Å². The summed E-state index contributed by atoms with van der Waals surface area (Å²) in [5.74, 6) is -3.83. The quantitative estimate of drug-likeness (QED) is 0.697. The number of carbonyl (C=O) groups is 2. The van der Waals surface area contributed by atoms with Gasteiger partial charge in [-0.3, -0.25) is 14.4 Å². The second kappa shape index (κ2) is 8.46. The smallest absolute Gasteiger partial charge is 0.276 e. The molecule has 1 saturated heterocycles. The SMILES string of the molecule is C[C@H]1CO[C@@H]2Cn3cc(C(=O)NCc4ccc(F)cc4F)c(=O)c(O)c3C(=O)N12.[Na]. The second-order valence-corrected chi connectivity index (χ2v) is 6.99. The van der Waals surface area contributed by atoms with E-state index in [9.17, 15) is 28.3 Å². The predicted molar refractivity (Wildman–Crippen MR) is 101 cm³/mol. The van der Waals surface area contributed by atoms with E-state index in [0.29, 0.717) is 12.7 Å². The van der Waals surface area contributed by atoms with Crippen LogP contribution < -0.4 is 10.7 Å². The Morgan fingerprint density at radius 2 is 2.07 bits per heavy atom. The minimum absolute atomic E-state index is 0. The number of nitrogens with one attached hydrogen (secondary N) is 1. The van der Waals surface area contributed by atoms with Gasteiger partial charge in [0.05, 0.1) is 19.2 Å². The summed E-state index contributed by atoms with van der Waals surface area (Å²) in [5, 5.41) is 12.7. The molecule has 2 aliphatic rings. The van der Waals surface area contributed by atoms with Crippen LogP contribution in [0.15, 0.2) is 29.2 Å². The van der Waals surface area contributed by atoms with Gasteiger partial charge in [-0.15, -0.1) is 0 Å². The number of rotatable bonds is 3. The molecule has 30 heavy (non-hydrogen) atoms. The van der Waals surface area contributed by atoms with Gasteiger partial charge >= 0.3 is 0 Å². The molecule has 1 radical (unpaired) electrons. The molecule has 2 aromatic rings. The Kier molecular flexibility index (Phi) is 6.32. The number of pyridine rings is 1. The van der Waals surface area contributed by atoms with Crippen molar-refractivity contribution in [3.8, 4) is 5.75 Å². The zero-order chi connectivity index (χ0) is 20.9. The minimum Gasteiger partial charge on any atom is -0.503 e. The Hall–Kier alpha value is -2.27. The van der Waals surface area contributed by atoms with E-state index in [2.05, 4.69) is 5.32 Å². The summed E-state index contributed by atoms with van der Waals surface area (Å²) < 4.78 is 33.6. The van der Waals surface area contributed by atoms with E-state index < -0.39 is 46.4 Å². The number of carbonyl (C=O) groups excluding carboxylic acids is 2. The van der Waals surface area contributed by atoms with Crippen molar-refractivity contribution in [1.29, 1.82) is 0 Å². The van der Waals surface area contributed by atoms with Crippen LogP contribution in [0.4, 0.5) is 8.78 Å². The fourth-order valence-corrected chi connectivity index (χ4v) is 3.57. The maximum Gasteiger partial charge on any atom is 0.276 e. The largest absolute Gasteiger partial charge is 0.503 e. The van der Waals surface area contributed by atoms with Gasteiger partial charge in [0.2, 0.25) is 5.43 Å². The van der Waals surface area contributed by atoms with Gasteiger partial charge in [-0.2, -0.15) is 0 Å². The molecule has 2 aliphatic heterocycles. The molecule has 1 aromatic carbocycles. The fraction of sp³-hybridized carbons (Fsp3) is 0.316. The van der Waals surface area contributed by atoms with Crippen LogP contribution in [0.5, 0.6) is 5.75 Å². The topological polar surface area (TPSA) is 101 Å². The van der Waals surface area contributed by atoms with Crippen LogP contribution in [0, 0.1) is 11.6 Å². The zero-order valence-corrected chi connectivity index (χ0v) is 18.3. The van der Waals surface area contributed by atoms with Crippen molar-refractivity contribution >= 4 is 41.4 Å². The standard InChI is InChI=1S/C19H17F2N3O5.Na/c1-9-8-29-14-7-23-6-12(16(25)17(26)15(23)19(28)24(9)14)18(27)22-5-10-2-3-11(20)4-13(10)21;/h2-4,6,9,14,26H,5,7-8H2,1H3,(H,22,27);/t9-,14+;/m0./s1. The van der Waals surface area contributed by atoms with Crippen molar-refractivity contribution in [3.63, 3.8) is 0 Å². The number of fused-ring (bicyclic) bond motifs is 2. The first-order valence-corrected chi connectivity index (χ1v) is 8.90. The van der Waals surface area contributed by atoms with Crippen LogP contribution in [0.3, 0.4) is 0 Å². The van der Waals surface area contributed by atoms with E-state index in [1.807, 2.05) is 0 Å². The normalized spacial score (nSPS) is 19.7. The van der Waals surface area contributed by atoms with Gasteiger partial charge < -0.3 is 24.6 Å². The molecule has 4 rings (SSSR count). The number of hydrogen-bond donors (Lipinski definition) is 2. The Labute approximate surface area is 191 Å². The molecule has 3 heterocycles. The molecule has 153 valence electrons. The molecule has 0 bridgehead atoms. The van der Waals surface area contributed by atoms with Crippen LogP contribution in [0.1, 0.15) is 33.3 Å². The van der Waals surface area contributed by atoms with Crippen LogP contribution >= 0.6 is 0 Å². The summed E-state index contributed by atoms with van der Waals surface area (Å²) in [4.78, 5) is 39.1. The molecular formula is C19H17F2N3NaO5. The van der Waals surface area contributed by atoms with Crippen LogP contribution in [0.25, 0.3) is 0 Å². The number of ether oxygens (including phenoxy) is 1. The number of hydrogen-bond acceptors (Lipinski definition) is 5. The minimum atomic E-state index is -1.01. The molecule has 0 aliphatic carbocycles. The number of aromatic nitrogens is 1. The van der Waals surface area contributed by atoms with E-state index in [4.69, 9.17) is 4.74 Å². The first kappa shape index (κ1) is 22.4. The van der Waals surface area contributed by atoms with Gasteiger partial charge in [0, 0.05) is 53.9 Å². The Morgan fingerprint density at radius 3 is 2.77 bits per heavy atom. The molecule has 1 aromatic heterocycles. The Bertz CT molecular complexity index is 1090. The fourth-order valence-electron chi connectivity index (χ4n) is 3.57. The molecule has 8 nitrogen and oxygen atoms in total. The van der Waals surface area contributed by atoms with Crippen LogP contribution in [-0.2, 0) is 17.8 Å². The summed E-state index contributed by atoms with van der Waals surface area (Å²) in [6, 6.07) is 2.70. The molecule has 2 N–H and O–H groups in total. The van der Waals surface area contributed by atoms with Gasteiger partial charge in [-0.1, -0.05) is 6.07 Å². The number of nitrogens with zero attached hydrogens (tertiary/aromatic N) is 2. The van der Waals surface area contributed by atoms with Gasteiger partial charge in [0.15, 0.2) is 17.7 Å². The van der Waals surface area contributed by atoms with Crippen LogP contribution in [-0.4, -0.2) is 74.8 Å². The zero-order valence-electron chi connectivity index (χ0n) is 16.3. The molecule has 11 heteroatoms. The van der Waals surface area contributed by atoms with Gasteiger partial charge in [0.1, 0.15) is 17.2 Å². The van der Waals surface area contributed by atoms with E-state index >= 15 is 0 Å². The van der Waals surface area contributed by atoms with Crippen molar-refractivity contribution in [2.75, 3.05) is 6.61 Å². The Morgan fingerprint density at radius 1 is 1.33 bits per heavy atom. The average Bonchev–Trinajstić information content (AvgIpc) is 3.04. The number of benzene rings is 1. The number of amides is 2. The van der Waals surface area contributed by atoms with Crippen LogP contribution in [0.2, 0.25) is 0 Å². The van der Waals surface area contributed by atoms with Gasteiger partial charge in [-0.25, -0.2) is 8.78 Å². The summed E-state index contributed by atoms with van der Waals surface area (Å²) in [6.45, 7) is 1.97. The molecule has 0 saturated carbocycles. The summed E-state index contributed by atoms with van der Waals surface area (Å²) in [7, 11) is 0. The third-order valence-electron chi connectivity index (χ3n) is 5.06. The first-order chi connectivity index (χ1) is 13.8. The third-order valence-corrected chi connectivity index (χ3v) is 5.06. The van der Waals surface area contributed by atoms with E-state index in [0.717, 1.165) is 6.07 Å². The number of halogens is 2. The Balaban J connectivity index is 0.00000256. The van der Waals surface area contributed by atoms with E-state index in [1.165, 1.54) is 21.7 Å². The van der Waals surface area contributed by atoms with Crippen molar-refractivity contribution in [1.82, 2.24) is 14.8 Å². The second-order valence-electron chi connectivity index (χ2n) is 6.99. The third kappa shape index (κ3) is 3.76. The molecule has 2 amide bonds. The monoisotopic (exact) mass is 428 g/mol. The molecule has 2 atom stereocenters. The first-order valence-electron chi connectivity index (χ1n) is 8.90. The molecule has 0 spiro atoms. The molecular weight excluding hydrogens is 411 g/mol. The maximum atomic E-state index is 13.7. The van der Waals surface area contributed by atoms with Gasteiger partial charge in [-0.05, 0) is 13.0 Å². The van der Waals surface area contributed by atoms with Gasteiger partial charge in [0.25, 0.3) is 11.8 Å².